The predicted molar refractivity (Wildman–Crippen MR) is 107 cm³/mol. The standard InChI is InChI=1S/C20H15ClFN3O2S/c21-12-3-1-2-11(6-12)7-14-10-23-20(28-14)25-19(27)16-9-18(26)24-17-8-13(22)4-5-15(16)17/h1-6,8,10,16H,7,9H2,(H,24,26)(H,23,25,27). The quantitative estimate of drug-likeness (QED) is 0.654. The van der Waals surface area contributed by atoms with E-state index in [1.807, 2.05) is 24.3 Å². The second-order valence-corrected chi connectivity index (χ2v) is 8.02. The van der Waals surface area contributed by atoms with Crippen LogP contribution in [0.3, 0.4) is 0 Å². The Bertz CT molecular complexity index is 1070. The second kappa shape index (κ2) is 7.69. The highest BCUT2D eigenvalue weighted by Crippen LogP contribution is 2.34. The number of anilines is 2. The summed E-state index contributed by atoms with van der Waals surface area (Å²) < 4.78 is 13.4. The third-order valence-electron chi connectivity index (χ3n) is 4.42. The molecule has 142 valence electrons. The maximum atomic E-state index is 13.4. The van der Waals surface area contributed by atoms with Gasteiger partial charge in [-0.25, -0.2) is 9.37 Å². The molecule has 1 aromatic heterocycles. The molecule has 0 spiro atoms. The number of nitrogens with one attached hydrogen (secondary N) is 2. The molecule has 2 aromatic carbocycles. The van der Waals surface area contributed by atoms with Crippen molar-refractivity contribution in [2.45, 2.75) is 18.8 Å². The van der Waals surface area contributed by atoms with E-state index in [1.54, 1.807) is 6.20 Å². The molecule has 0 aliphatic carbocycles. The number of hydrogen-bond donors (Lipinski definition) is 2. The lowest BCUT2D eigenvalue weighted by Crippen LogP contribution is -2.30. The van der Waals surface area contributed by atoms with Gasteiger partial charge >= 0.3 is 0 Å². The number of carbonyl (C=O) groups excluding carboxylic acids is 2. The number of hydrogen-bond acceptors (Lipinski definition) is 4. The molecule has 0 saturated carbocycles. The lowest BCUT2D eigenvalue weighted by atomic mass is 9.90. The zero-order chi connectivity index (χ0) is 19.7. The fraction of sp³-hybridized carbons (Fsp3) is 0.150. The first-order valence-electron chi connectivity index (χ1n) is 8.57. The average molecular weight is 416 g/mol. The van der Waals surface area contributed by atoms with Crippen molar-refractivity contribution in [2.24, 2.45) is 0 Å². The first-order valence-corrected chi connectivity index (χ1v) is 9.77. The molecular weight excluding hydrogens is 401 g/mol. The molecule has 2 N–H and O–H groups in total. The summed E-state index contributed by atoms with van der Waals surface area (Å²) in [4.78, 5) is 29.9. The predicted octanol–water partition coefficient (Wildman–Crippen LogP) is 4.59. The second-order valence-electron chi connectivity index (χ2n) is 6.46. The van der Waals surface area contributed by atoms with Gasteiger partial charge in [-0.15, -0.1) is 11.3 Å². The minimum absolute atomic E-state index is 0.00517. The van der Waals surface area contributed by atoms with Crippen molar-refractivity contribution in [3.63, 3.8) is 0 Å². The summed E-state index contributed by atoms with van der Waals surface area (Å²) in [5.74, 6) is -1.82. The third kappa shape index (κ3) is 4.05. The number of halogens is 2. The van der Waals surface area contributed by atoms with Gasteiger partial charge in [0.05, 0.1) is 5.92 Å². The van der Waals surface area contributed by atoms with Gasteiger partial charge in [0, 0.05) is 34.6 Å². The number of fused-ring (bicyclic) bond motifs is 1. The minimum Gasteiger partial charge on any atom is -0.326 e. The molecule has 0 bridgehead atoms. The Balaban J connectivity index is 1.49. The van der Waals surface area contributed by atoms with Crippen LogP contribution < -0.4 is 10.6 Å². The van der Waals surface area contributed by atoms with Gasteiger partial charge in [-0.3, -0.25) is 9.59 Å². The molecule has 0 saturated heterocycles. The van der Waals surface area contributed by atoms with Crippen LogP contribution in [0.25, 0.3) is 0 Å². The zero-order valence-corrected chi connectivity index (χ0v) is 16.1. The fourth-order valence-corrected chi connectivity index (χ4v) is 4.22. The number of aromatic nitrogens is 1. The van der Waals surface area contributed by atoms with Crippen LogP contribution in [0, 0.1) is 5.82 Å². The monoisotopic (exact) mass is 415 g/mol. The maximum Gasteiger partial charge on any atom is 0.234 e. The van der Waals surface area contributed by atoms with Gasteiger partial charge in [0.25, 0.3) is 0 Å². The van der Waals surface area contributed by atoms with Gasteiger partial charge in [-0.1, -0.05) is 29.8 Å². The molecule has 0 radical (unpaired) electrons. The zero-order valence-electron chi connectivity index (χ0n) is 14.5. The SMILES string of the molecule is O=C1CC(C(=O)Nc2ncc(Cc3cccc(Cl)c3)s2)c2ccc(F)cc2N1. The maximum absolute atomic E-state index is 13.4. The van der Waals surface area contributed by atoms with Crippen molar-refractivity contribution in [3.8, 4) is 0 Å². The highest BCUT2D eigenvalue weighted by molar-refractivity contribution is 7.15. The van der Waals surface area contributed by atoms with Crippen LogP contribution in [0.5, 0.6) is 0 Å². The molecule has 8 heteroatoms. The van der Waals surface area contributed by atoms with E-state index in [2.05, 4.69) is 15.6 Å². The highest BCUT2D eigenvalue weighted by Gasteiger charge is 2.31. The van der Waals surface area contributed by atoms with Crippen molar-refractivity contribution < 1.29 is 14.0 Å². The van der Waals surface area contributed by atoms with Crippen molar-refractivity contribution in [3.05, 3.63) is 75.5 Å². The van der Waals surface area contributed by atoms with Crippen molar-refractivity contribution in [1.29, 1.82) is 0 Å². The van der Waals surface area contributed by atoms with Gasteiger partial charge < -0.3 is 10.6 Å². The van der Waals surface area contributed by atoms with Crippen LogP contribution >= 0.6 is 22.9 Å². The Hall–Kier alpha value is -2.77. The van der Waals surface area contributed by atoms with Crippen LogP contribution in [-0.4, -0.2) is 16.8 Å². The van der Waals surface area contributed by atoms with Gasteiger partial charge in [0.2, 0.25) is 11.8 Å². The summed E-state index contributed by atoms with van der Waals surface area (Å²) >= 11 is 7.37. The Morgan fingerprint density at radius 1 is 1.32 bits per heavy atom. The van der Waals surface area contributed by atoms with Crippen LogP contribution in [0.2, 0.25) is 5.02 Å². The Labute approximate surface area is 169 Å². The molecular formula is C20H15ClFN3O2S. The van der Waals surface area contributed by atoms with E-state index in [9.17, 15) is 14.0 Å². The minimum atomic E-state index is -0.690. The number of nitrogens with zero attached hydrogens (tertiary/aromatic N) is 1. The van der Waals surface area contributed by atoms with E-state index < -0.39 is 11.7 Å². The highest BCUT2D eigenvalue weighted by atomic mass is 35.5. The third-order valence-corrected chi connectivity index (χ3v) is 5.57. The van der Waals surface area contributed by atoms with Crippen LogP contribution in [0.4, 0.5) is 15.2 Å². The molecule has 1 atom stereocenters. The van der Waals surface area contributed by atoms with Gasteiger partial charge in [0.1, 0.15) is 5.82 Å². The molecule has 4 rings (SSSR count). The average Bonchev–Trinajstić information content (AvgIpc) is 3.07. The van der Waals surface area contributed by atoms with Gasteiger partial charge in [-0.05, 0) is 35.4 Å². The van der Waals surface area contributed by atoms with E-state index in [1.165, 1.54) is 29.5 Å². The molecule has 0 fully saturated rings. The Morgan fingerprint density at radius 3 is 3.00 bits per heavy atom. The first-order chi connectivity index (χ1) is 13.5. The molecule has 2 heterocycles. The molecule has 28 heavy (non-hydrogen) atoms. The largest absolute Gasteiger partial charge is 0.326 e. The lowest BCUT2D eigenvalue weighted by molar-refractivity contribution is -0.123. The number of amides is 2. The summed E-state index contributed by atoms with van der Waals surface area (Å²) in [5.41, 5.74) is 1.97. The summed E-state index contributed by atoms with van der Waals surface area (Å²) in [6.07, 6.45) is 2.37. The normalized spacial score (nSPS) is 15.6. The molecule has 1 unspecified atom stereocenters. The lowest BCUT2D eigenvalue weighted by Gasteiger charge is -2.24. The van der Waals surface area contributed by atoms with E-state index in [-0.39, 0.29) is 18.2 Å². The van der Waals surface area contributed by atoms with Crippen LogP contribution in [0.15, 0.2) is 48.7 Å². The molecule has 3 aromatic rings. The number of thiazole rings is 1. The number of carbonyl (C=O) groups is 2. The van der Waals surface area contributed by atoms with Crippen molar-refractivity contribution >= 4 is 45.6 Å². The molecule has 1 aliphatic rings. The van der Waals surface area contributed by atoms with Gasteiger partial charge in [-0.2, -0.15) is 0 Å². The summed E-state index contributed by atoms with van der Waals surface area (Å²) in [6, 6.07) is 11.6. The summed E-state index contributed by atoms with van der Waals surface area (Å²) in [5, 5.41) is 6.50. The van der Waals surface area contributed by atoms with Crippen molar-refractivity contribution in [2.75, 3.05) is 10.6 Å². The van der Waals surface area contributed by atoms with Crippen LogP contribution in [0.1, 0.15) is 28.3 Å². The van der Waals surface area contributed by atoms with E-state index in [4.69, 9.17) is 11.6 Å². The fourth-order valence-electron chi connectivity index (χ4n) is 3.16. The van der Waals surface area contributed by atoms with Crippen LogP contribution in [-0.2, 0) is 16.0 Å². The summed E-state index contributed by atoms with van der Waals surface area (Å²) in [7, 11) is 0. The first kappa shape index (κ1) is 18.6. The molecule has 5 nitrogen and oxygen atoms in total. The van der Waals surface area contributed by atoms with Gasteiger partial charge in [0.15, 0.2) is 5.13 Å². The number of rotatable bonds is 4. The summed E-state index contributed by atoms with van der Waals surface area (Å²) in [6.45, 7) is 0. The Morgan fingerprint density at radius 2 is 2.18 bits per heavy atom. The smallest absolute Gasteiger partial charge is 0.234 e. The Kier molecular flexibility index (Phi) is 5.11. The van der Waals surface area contributed by atoms with E-state index in [0.29, 0.717) is 27.8 Å². The molecule has 1 aliphatic heterocycles. The topological polar surface area (TPSA) is 71.1 Å². The molecule has 2 amide bonds. The van der Waals surface area contributed by atoms with E-state index in [0.717, 1.165) is 10.4 Å². The number of benzene rings is 2. The van der Waals surface area contributed by atoms with E-state index >= 15 is 0 Å². The van der Waals surface area contributed by atoms with Crippen molar-refractivity contribution in [1.82, 2.24) is 4.98 Å².